The van der Waals surface area contributed by atoms with Gasteiger partial charge in [-0.3, -0.25) is 9.59 Å². The molecule has 0 saturated carbocycles. The molecule has 1 amide bonds. The van der Waals surface area contributed by atoms with Crippen LogP contribution in [0.25, 0.3) is 0 Å². The normalized spacial score (nSPS) is 16.8. The number of likely N-dealkylation sites (tertiary alicyclic amines) is 1. The molecule has 1 aromatic carbocycles. The summed E-state index contributed by atoms with van der Waals surface area (Å²) in [5.41, 5.74) is 1.48. The van der Waals surface area contributed by atoms with Crippen molar-refractivity contribution in [1.82, 2.24) is 9.88 Å². The lowest BCUT2D eigenvalue weighted by molar-refractivity contribution is 0.0732. The molecular weight excluding hydrogens is 320 g/mol. The fraction of sp³-hybridized carbons (Fsp3) is 0.368. The number of nitrogens with one attached hydrogen (secondary N) is 1. The van der Waals surface area contributed by atoms with Gasteiger partial charge in [0.1, 0.15) is 17.1 Å². The second kappa shape index (κ2) is 7.01. The smallest absolute Gasteiger partial charge is 0.260 e. The van der Waals surface area contributed by atoms with E-state index < -0.39 is 0 Å². The molecule has 6 nitrogen and oxygen atoms in total. The molecule has 2 heterocycles. The lowest BCUT2D eigenvalue weighted by atomic mass is 10.0. The van der Waals surface area contributed by atoms with E-state index in [-0.39, 0.29) is 23.1 Å². The van der Waals surface area contributed by atoms with Crippen molar-refractivity contribution in [2.24, 2.45) is 0 Å². The number of H-pyrrole nitrogens is 1. The van der Waals surface area contributed by atoms with Crippen LogP contribution in [0.5, 0.6) is 11.5 Å². The van der Waals surface area contributed by atoms with Crippen LogP contribution in [0.4, 0.5) is 0 Å². The summed E-state index contributed by atoms with van der Waals surface area (Å²) < 4.78 is 10.7. The Labute approximate surface area is 146 Å². The zero-order valence-electron chi connectivity index (χ0n) is 14.7. The summed E-state index contributed by atoms with van der Waals surface area (Å²) in [6.45, 7) is 2.41. The van der Waals surface area contributed by atoms with Crippen LogP contribution in [0, 0.1) is 6.92 Å². The number of nitrogens with zero attached hydrogens (tertiary/aromatic N) is 1. The van der Waals surface area contributed by atoms with Crippen LogP contribution in [0.3, 0.4) is 0 Å². The quantitative estimate of drug-likeness (QED) is 0.927. The number of hydrogen-bond donors (Lipinski definition) is 1. The van der Waals surface area contributed by atoms with Gasteiger partial charge < -0.3 is 19.4 Å². The molecule has 3 rings (SSSR count). The number of carbonyl (C=O) groups is 1. The third-order valence-corrected chi connectivity index (χ3v) is 4.60. The van der Waals surface area contributed by atoms with E-state index in [1.54, 1.807) is 38.2 Å². The van der Waals surface area contributed by atoms with Gasteiger partial charge in [0.25, 0.3) is 11.5 Å². The Morgan fingerprint density at radius 3 is 2.68 bits per heavy atom. The average molecular weight is 342 g/mol. The maximum absolute atomic E-state index is 12.9. The van der Waals surface area contributed by atoms with Crippen LogP contribution in [0.2, 0.25) is 0 Å². The van der Waals surface area contributed by atoms with E-state index in [0.717, 1.165) is 24.1 Å². The predicted octanol–water partition coefficient (Wildman–Crippen LogP) is 2.68. The monoisotopic (exact) mass is 342 g/mol. The summed E-state index contributed by atoms with van der Waals surface area (Å²) >= 11 is 0. The molecule has 132 valence electrons. The van der Waals surface area contributed by atoms with E-state index >= 15 is 0 Å². The number of ether oxygens (including phenoxy) is 2. The van der Waals surface area contributed by atoms with Crippen LogP contribution in [-0.4, -0.2) is 36.6 Å². The number of pyridine rings is 1. The van der Waals surface area contributed by atoms with Crippen molar-refractivity contribution < 1.29 is 14.3 Å². The molecule has 2 aromatic rings. The molecule has 25 heavy (non-hydrogen) atoms. The molecule has 6 heteroatoms. The van der Waals surface area contributed by atoms with Gasteiger partial charge in [0, 0.05) is 23.9 Å². The van der Waals surface area contributed by atoms with Gasteiger partial charge in [-0.15, -0.1) is 0 Å². The van der Waals surface area contributed by atoms with Gasteiger partial charge in [0.2, 0.25) is 0 Å². The van der Waals surface area contributed by atoms with Gasteiger partial charge in [-0.1, -0.05) is 0 Å². The lowest BCUT2D eigenvalue weighted by Gasteiger charge is -2.26. The Kier molecular flexibility index (Phi) is 4.79. The summed E-state index contributed by atoms with van der Waals surface area (Å²) in [5, 5.41) is 0. The number of methoxy groups -OCH3 is 2. The zero-order valence-corrected chi connectivity index (χ0v) is 14.7. The third kappa shape index (κ3) is 3.24. The molecule has 1 N–H and O–H groups in total. The molecule has 0 aliphatic carbocycles. The average Bonchev–Trinajstić information content (AvgIpc) is 3.10. The van der Waals surface area contributed by atoms with Gasteiger partial charge in [0.15, 0.2) is 0 Å². The first-order chi connectivity index (χ1) is 12.0. The summed E-state index contributed by atoms with van der Waals surface area (Å²) in [5.74, 6) is 1.13. The first-order valence-electron chi connectivity index (χ1n) is 8.28. The van der Waals surface area contributed by atoms with E-state index in [0.29, 0.717) is 18.0 Å². The van der Waals surface area contributed by atoms with Crippen molar-refractivity contribution in [2.75, 3.05) is 20.8 Å². The fourth-order valence-electron chi connectivity index (χ4n) is 3.32. The molecule has 1 fully saturated rings. The van der Waals surface area contributed by atoms with Crippen molar-refractivity contribution >= 4 is 5.91 Å². The summed E-state index contributed by atoms with van der Waals surface area (Å²) in [6, 6.07) is 8.82. The Morgan fingerprint density at radius 2 is 2.00 bits per heavy atom. The Morgan fingerprint density at radius 1 is 1.20 bits per heavy atom. The largest absolute Gasteiger partial charge is 0.497 e. The van der Waals surface area contributed by atoms with Crippen LogP contribution in [0.1, 0.15) is 40.5 Å². The van der Waals surface area contributed by atoms with Crippen molar-refractivity contribution in [2.45, 2.75) is 25.8 Å². The minimum absolute atomic E-state index is 0.117. The fourth-order valence-corrected chi connectivity index (χ4v) is 3.32. The number of benzene rings is 1. The first-order valence-corrected chi connectivity index (χ1v) is 8.28. The lowest BCUT2D eigenvalue weighted by Crippen LogP contribution is -2.34. The second-order valence-corrected chi connectivity index (χ2v) is 6.15. The Balaban J connectivity index is 1.95. The van der Waals surface area contributed by atoms with Gasteiger partial charge in [-0.2, -0.15) is 0 Å². The Hall–Kier alpha value is -2.76. The number of aryl methyl sites for hydroxylation is 1. The van der Waals surface area contributed by atoms with Crippen molar-refractivity contribution in [3.8, 4) is 11.5 Å². The van der Waals surface area contributed by atoms with Gasteiger partial charge in [-0.25, -0.2) is 0 Å². The summed E-state index contributed by atoms with van der Waals surface area (Å²) in [7, 11) is 3.20. The van der Waals surface area contributed by atoms with E-state index in [1.165, 1.54) is 0 Å². The van der Waals surface area contributed by atoms with Crippen molar-refractivity contribution in [1.29, 1.82) is 0 Å². The maximum Gasteiger partial charge on any atom is 0.260 e. The maximum atomic E-state index is 12.9. The van der Waals surface area contributed by atoms with E-state index in [1.807, 2.05) is 18.2 Å². The standard InChI is InChI=1S/C19H22N2O4/c1-12-6-8-15(18(22)20-12)19(23)21-10-4-5-16(21)14-9-7-13(24-2)11-17(14)25-3/h6-9,11,16H,4-5,10H2,1-3H3,(H,20,22)/t16-/m1/s1. The summed E-state index contributed by atoms with van der Waals surface area (Å²) in [6.07, 6.45) is 1.72. The highest BCUT2D eigenvalue weighted by atomic mass is 16.5. The number of aromatic nitrogens is 1. The molecule has 0 radical (unpaired) electrons. The zero-order chi connectivity index (χ0) is 18.0. The van der Waals surface area contributed by atoms with E-state index in [2.05, 4.69) is 4.98 Å². The first kappa shape index (κ1) is 17.1. The van der Waals surface area contributed by atoms with Gasteiger partial charge in [-0.05, 0) is 44.0 Å². The number of aromatic amines is 1. The topological polar surface area (TPSA) is 71.6 Å². The third-order valence-electron chi connectivity index (χ3n) is 4.60. The van der Waals surface area contributed by atoms with Crippen molar-refractivity contribution in [3.63, 3.8) is 0 Å². The van der Waals surface area contributed by atoms with Crippen LogP contribution < -0.4 is 15.0 Å². The molecule has 1 saturated heterocycles. The van der Waals surface area contributed by atoms with E-state index in [4.69, 9.17) is 9.47 Å². The number of carbonyl (C=O) groups excluding carboxylic acids is 1. The molecule has 1 aliphatic heterocycles. The van der Waals surface area contributed by atoms with Crippen LogP contribution in [-0.2, 0) is 0 Å². The molecular formula is C19H22N2O4. The van der Waals surface area contributed by atoms with Gasteiger partial charge in [0.05, 0.1) is 20.3 Å². The second-order valence-electron chi connectivity index (χ2n) is 6.15. The molecule has 1 atom stereocenters. The highest BCUT2D eigenvalue weighted by Gasteiger charge is 2.33. The predicted molar refractivity (Wildman–Crippen MR) is 94.4 cm³/mol. The van der Waals surface area contributed by atoms with Crippen molar-refractivity contribution in [3.05, 3.63) is 57.5 Å². The Bertz CT molecular complexity index is 844. The molecule has 1 aromatic heterocycles. The van der Waals surface area contributed by atoms with Crippen LogP contribution >= 0.6 is 0 Å². The molecule has 0 bridgehead atoms. The molecule has 0 unspecified atom stereocenters. The molecule has 1 aliphatic rings. The number of amides is 1. The number of hydrogen-bond acceptors (Lipinski definition) is 4. The van der Waals surface area contributed by atoms with Crippen LogP contribution in [0.15, 0.2) is 35.1 Å². The highest BCUT2D eigenvalue weighted by molar-refractivity contribution is 5.94. The molecule has 0 spiro atoms. The number of rotatable bonds is 4. The van der Waals surface area contributed by atoms with E-state index in [9.17, 15) is 9.59 Å². The SMILES string of the molecule is COc1ccc([C@H]2CCCN2C(=O)c2ccc(C)[nH]c2=O)c(OC)c1. The van der Waals surface area contributed by atoms with Gasteiger partial charge >= 0.3 is 0 Å². The minimum atomic E-state index is -0.350. The summed E-state index contributed by atoms with van der Waals surface area (Å²) in [4.78, 5) is 29.5. The minimum Gasteiger partial charge on any atom is -0.497 e. The highest BCUT2D eigenvalue weighted by Crippen LogP contribution is 2.39.